The number of piperidine rings is 1. The summed E-state index contributed by atoms with van der Waals surface area (Å²) in [6, 6.07) is 15.7. The Balaban J connectivity index is 1.50. The number of hydrogen-bond acceptors (Lipinski definition) is 3. The van der Waals surface area contributed by atoms with Crippen LogP contribution in [0.1, 0.15) is 25.3 Å². The Morgan fingerprint density at radius 2 is 1.77 bits per heavy atom. The summed E-state index contributed by atoms with van der Waals surface area (Å²) in [5.74, 6) is -0.454. The predicted octanol–water partition coefficient (Wildman–Crippen LogP) is 3.20. The van der Waals surface area contributed by atoms with Gasteiger partial charge >= 0.3 is 6.03 Å². The van der Waals surface area contributed by atoms with Crippen molar-refractivity contribution in [2.45, 2.75) is 38.3 Å². The van der Waals surface area contributed by atoms with Gasteiger partial charge in [0.15, 0.2) is 0 Å². The van der Waals surface area contributed by atoms with Gasteiger partial charge in [0.05, 0.1) is 0 Å². The number of rotatable bonds is 6. The molecule has 0 saturated carbocycles. The van der Waals surface area contributed by atoms with E-state index in [2.05, 4.69) is 16.0 Å². The van der Waals surface area contributed by atoms with Gasteiger partial charge in [0.1, 0.15) is 6.04 Å². The van der Waals surface area contributed by atoms with Crippen LogP contribution in [0.15, 0.2) is 54.6 Å². The molecule has 1 aliphatic heterocycles. The van der Waals surface area contributed by atoms with Crippen molar-refractivity contribution < 1.29 is 14.4 Å². The number of likely N-dealkylation sites (tertiary alicyclic amines) is 1. The van der Waals surface area contributed by atoms with Crippen molar-refractivity contribution in [2.75, 3.05) is 18.4 Å². The number of urea groups is 1. The maximum atomic E-state index is 12.8. The van der Waals surface area contributed by atoms with E-state index in [1.165, 1.54) is 6.92 Å². The lowest BCUT2D eigenvalue weighted by Gasteiger charge is -2.33. The first-order valence-corrected chi connectivity index (χ1v) is 10.7. The quantitative estimate of drug-likeness (QED) is 0.641. The van der Waals surface area contributed by atoms with E-state index in [1.54, 1.807) is 29.2 Å². The summed E-state index contributed by atoms with van der Waals surface area (Å²) in [6.45, 7) is 2.46. The fourth-order valence-electron chi connectivity index (χ4n) is 3.60. The second kappa shape index (κ2) is 10.8. The van der Waals surface area contributed by atoms with Crippen LogP contribution in [0.3, 0.4) is 0 Å². The minimum Gasteiger partial charge on any atom is -0.351 e. The van der Waals surface area contributed by atoms with Crippen molar-refractivity contribution in [3.63, 3.8) is 0 Å². The van der Waals surface area contributed by atoms with E-state index in [0.717, 1.165) is 5.56 Å². The average molecular weight is 443 g/mol. The molecule has 1 heterocycles. The second-order valence-corrected chi connectivity index (χ2v) is 8.09. The first-order valence-electron chi connectivity index (χ1n) is 10.3. The molecule has 2 aromatic rings. The lowest BCUT2D eigenvalue weighted by atomic mass is 10.0. The van der Waals surface area contributed by atoms with Crippen LogP contribution < -0.4 is 16.0 Å². The zero-order valence-corrected chi connectivity index (χ0v) is 18.2. The molecule has 31 heavy (non-hydrogen) atoms. The second-order valence-electron chi connectivity index (χ2n) is 7.65. The third-order valence-corrected chi connectivity index (χ3v) is 5.42. The lowest BCUT2D eigenvalue weighted by Crippen LogP contribution is -2.53. The van der Waals surface area contributed by atoms with Crippen LogP contribution in [0.4, 0.5) is 10.5 Å². The van der Waals surface area contributed by atoms with E-state index in [-0.39, 0.29) is 23.9 Å². The Hall–Kier alpha value is -3.06. The Kier molecular flexibility index (Phi) is 7.89. The van der Waals surface area contributed by atoms with Gasteiger partial charge in [0.2, 0.25) is 11.8 Å². The summed E-state index contributed by atoms with van der Waals surface area (Å²) < 4.78 is 0. The molecule has 0 aromatic heterocycles. The van der Waals surface area contributed by atoms with Gasteiger partial charge in [-0.1, -0.05) is 48.0 Å². The lowest BCUT2D eigenvalue weighted by molar-refractivity contribution is -0.128. The molecule has 1 saturated heterocycles. The summed E-state index contributed by atoms with van der Waals surface area (Å²) in [5.41, 5.74) is 1.62. The molecule has 1 fully saturated rings. The van der Waals surface area contributed by atoms with E-state index < -0.39 is 6.04 Å². The Labute approximate surface area is 187 Å². The number of anilines is 1. The number of amides is 4. The molecule has 0 aliphatic carbocycles. The maximum absolute atomic E-state index is 12.8. The SMILES string of the molecule is CC(=O)N[C@H](Cc1ccccc1)C(=O)NC1CCN(C(=O)Nc2cccc(Cl)c2)CC1. The van der Waals surface area contributed by atoms with Crippen LogP contribution in [0.2, 0.25) is 5.02 Å². The highest BCUT2D eigenvalue weighted by Crippen LogP contribution is 2.17. The molecule has 8 heteroatoms. The third kappa shape index (κ3) is 7.00. The molecular formula is C23H27ClN4O3. The van der Waals surface area contributed by atoms with Gasteiger partial charge in [-0.15, -0.1) is 0 Å². The van der Waals surface area contributed by atoms with E-state index in [1.807, 2.05) is 30.3 Å². The number of nitrogens with one attached hydrogen (secondary N) is 3. The molecule has 4 amide bonds. The number of carbonyl (C=O) groups excluding carboxylic acids is 3. The summed E-state index contributed by atoms with van der Waals surface area (Å²) >= 11 is 5.96. The Morgan fingerprint density at radius 1 is 1.06 bits per heavy atom. The van der Waals surface area contributed by atoms with Crippen LogP contribution in [0.5, 0.6) is 0 Å². The Bertz CT molecular complexity index is 914. The highest BCUT2D eigenvalue weighted by Gasteiger charge is 2.27. The normalized spacial score (nSPS) is 15.1. The van der Waals surface area contributed by atoms with Crippen LogP contribution in [0.25, 0.3) is 0 Å². The van der Waals surface area contributed by atoms with E-state index in [9.17, 15) is 14.4 Å². The summed E-state index contributed by atoms with van der Waals surface area (Å²) in [7, 11) is 0. The molecular weight excluding hydrogens is 416 g/mol. The molecule has 0 unspecified atom stereocenters. The van der Waals surface area contributed by atoms with Crippen molar-refractivity contribution in [1.29, 1.82) is 0 Å². The summed E-state index contributed by atoms with van der Waals surface area (Å²) in [4.78, 5) is 38.6. The number of carbonyl (C=O) groups is 3. The average Bonchev–Trinajstić information content (AvgIpc) is 2.74. The molecule has 3 rings (SSSR count). The van der Waals surface area contributed by atoms with Crippen LogP contribution >= 0.6 is 11.6 Å². The fourth-order valence-corrected chi connectivity index (χ4v) is 3.79. The molecule has 1 aliphatic rings. The molecule has 0 bridgehead atoms. The molecule has 0 radical (unpaired) electrons. The minimum absolute atomic E-state index is 0.0465. The van der Waals surface area contributed by atoms with Crippen LogP contribution in [-0.2, 0) is 16.0 Å². The monoisotopic (exact) mass is 442 g/mol. The molecule has 1 atom stereocenters. The van der Waals surface area contributed by atoms with Gasteiger partial charge in [-0.3, -0.25) is 9.59 Å². The molecule has 0 spiro atoms. The van der Waals surface area contributed by atoms with Crippen LogP contribution in [-0.4, -0.2) is 47.9 Å². The van der Waals surface area contributed by atoms with Gasteiger partial charge in [-0.05, 0) is 36.6 Å². The highest BCUT2D eigenvalue weighted by molar-refractivity contribution is 6.30. The molecule has 2 aromatic carbocycles. The van der Waals surface area contributed by atoms with Gasteiger partial charge in [-0.25, -0.2) is 4.79 Å². The van der Waals surface area contributed by atoms with Gasteiger partial charge in [-0.2, -0.15) is 0 Å². The third-order valence-electron chi connectivity index (χ3n) is 5.18. The van der Waals surface area contributed by atoms with Crippen molar-refractivity contribution in [2.24, 2.45) is 0 Å². The molecule has 7 nitrogen and oxygen atoms in total. The highest BCUT2D eigenvalue weighted by atomic mass is 35.5. The number of benzene rings is 2. The number of nitrogens with zero attached hydrogens (tertiary/aromatic N) is 1. The zero-order valence-electron chi connectivity index (χ0n) is 17.4. The first kappa shape index (κ1) is 22.6. The van der Waals surface area contributed by atoms with E-state index >= 15 is 0 Å². The van der Waals surface area contributed by atoms with Crippen molar-refractivity contribution in [3.05, 3.63) is 65.2 Å². The minimum atomic E-state index is -0.635. The predicted molar refractivity (Wildman–Crippen MR) is 121 cm³/mol. The summed E-state index contributed by atoms with van der Waals surface area (Å²) in [6.07, 6.45) is 1.72. The molecule has 164 valence electrons. The van der Waals surface area contributed by atoms with Crippen molar-refractivity contribution in [1.82, 2.24) is 15.5 Å². The standard InChI is InChI=1S/C23H27ClN4O3/c1-16(29)25-21(14-17-6-3-2-4-7-17)22(30)26-19-10-12-28(13-11-19)23(31)27-20-9-5-8-18(24)15-20/h2-9,15,19,21H,10-14H2,1H3,(H,25,29)(H,26,30)(H,27,31)/t21-/m1/s1. The van der Waals surface area contributed by atoms with Gasteiger partial charge in [0, 0.05) is 43.2 Å². The van der Waals surface area contributed by atoms with Crippen molar-refractivity contribution in [3.8, 4) is 0 Å². The maximum Gasteiger partial charge on any atom is 0.321 e. The number of hydrogen-bond donors (Lipinski definition) is 3. The fraction of sp³-hybridized carbons (Fsp3) is 0.348. The topological polar surface area (TPSA) is 90.5 Å². The molecule has 3 N–H and O–H groups in total. The number of halogens is 1. The zero-order chi connectivity index (χ0) is 22.2. The summed E-state index contributed by atoms with van der Waals surface area (Å²) in [5, 5.41) is 9.17. The largest absolute Gasteiger partial charge is 0.351 e. The Morgan fingerprint density at radius 3 is 2.42 bits per heavy atom. The van der Waals surface area contributed by atoms with Gasteiger partial charge < -0.3 is 20.9 Å². The smallest absolute Gasteiger partial charge is 0.321 e. The van der Waals surface area contributed by atoms with Gasteiger partial charge in [0.25, 0.3) is 0 Å². The van der Waals surface area contributed by atoms with E-state index in [4.69, 9.17) is 11.6 Å². The first-order chi connectivity index (χ1) is 14.9. The van der Waals surface area contributed by atoms with Crippen LogP contribution in [0, 0.1) is 0 Å². The van der Waals surface area contributed by atoms with E-state index in [0.29, 0.717) is 43.1 Å². The van der Waals surface area contributed by atoms with Crippen molar-refractivity contribution >= 4 is 35.1 Å².